The van der Waals surface area contributed by atoms with Crippen LogP contribution in [-0.4, -0.2) is 16.8 Å². The minimum absolute atomic E-state index is 0.0320. The van der Waals surface area contributed by atoms with Crippen LogP contribution in [-0.2, 0) is 0 Å². The maximum atomic E-state index is 12.7. The van der Waals surface area contributed by atoms with Gasteiger partial charge in [0, 0.05) is 6.54 Å². The van der Waals surface area contributed by atoms with Gasteiger partial charge in [0.1, 0.15) is 0 Å². The van der Waals surface area contributed by atoms with Crippen molar-refractivity contribution in [2.24, 2.45) is 5.73 Å². The zero-order valence-corrected chi connectivity index (χ0v) is 6.37. The Kier molecular flexibility index (Phi) is 2.62. The van der Waals surface area contributed by atoms with Crippen molar-refractivity contribution < 1.29 is 14.6 Å². The van der Waals surface area contributed by atoms with E-state index in [4.69, 9.17) is 10.8 Å². The molecule has 0 amide bonds. The van der Waals surface area contributed by atoms with Crippen molar-refractivity contribution in [2.45, 2.75) is 6.10 Å². The van der Waals surface area contributed by atoms with Crippen molar-refractivity contribution in [1.29, 1.82) is 0 Å². The van der Waals surface area contributed by atoms with Gasteiger partial charge in [0.25, 0.3) is 0 Å². The van der Waals surface area contributed by atoms with Gasteiger partial charge >= 0.3 is 0 Å². The molecule has 4 N–H and O–H groups in total. The second-order valence-electron chi connectivity index (χ2n) is 2.46. The van der Waals surface area contributed by atoms with Crippen LogP contribution in [0.25, 0.3) is 0 Å². The monoisotopic (exact) mass is 171 g/mol. The molecular weight excluding hydrogens is 161 g/mol. The highest BCUT2D eigenvalue weighted by atomic mass is 19.1. The molecule has 0 aliphatic heterocycles. The number of phenols is 1. The molecule has 0 heterocycles. The predicted octanol–water partition coefficient (Wildman–Crippen LogP) is 0.523. The van der Waals surface area contributed by atoms with Crippen LogP contribution in [0.2, 0.25) is 0 Å². The summed E-state index contributed by atoms with van der Waals surface area (Å²) in [6.45, 7) is 0.0320. The van der Waals surface area contributed by atoms with Crippen LogP contribution >= 0.6 is 0 Å². The molecule has 4 heteroatoms. The summed E-state index contributed by atoms with van der Waals surface area (Å²) in [4.78, 5) is 0. The van der Waals surface area contributed by atoms with Crippen molar-refractivity contribution in [3.05, 3.63) is 29.6 Å². The SMILES string of the molecule is NC[C@H](O)c1ccc(O)c(F)c1. The third kappa shape index (κ3) is 1.72. The Morgan fingerprint density at radius 1 is 1.50 bits per heavy atom. The van der Waals surface area contributed by atoms with Gasteiger partial charge in [-0.25, -0.2) is 4.39 Å². The van der Waals surface area contributed by atoms with Crippen molar-refractivity contribution in [3.63, 3.8) is 0 Å². The molecule has 0 saturated carbocycles. The van der Waals surface area contributed by atoms with Crippen molar-refractivity contribution >= 4 is 0 Å². The molecule has 0 bridgehead atoms. The lowest BCUT2D eigenvalue weighted by molar-refractivity contribution is 0.186. The molecule has 0 aromatic heterocycles. The molecule has 3 nitrogen and oxygen atoms in total. The summed E-state index contributed by atoms with van der Waals surface area (Å²) in [5.74, 6) is -1.18. The van der Waals surface area contributed by atoms with Gasteiger partial charge in [-0.2, -0.15) is 0 Å². The second-order valence-corrected chi connectivity index (χ2v) is 2.46. The van der Waals surface area contributed by atoms with E-state index < -0.39 is 17.7 Å². The quantitative estimate of drug-likeness (QED) is 0.607. The van der Waals surface area contributed by atoms with Crippen LogP contribution in [0.4, 0.5) is 4.39 Å². The zero-order valence-electron chi connectivity index (χ0n) is 6.37. The lowest BCUT2D eigenvalue weighted by Crippen LogP contribution is -2.11. The van der Waals surface area contributed by atoms with Gasteiger partial charge in [0.2, 0.25) is 0 Å². The molecule has 12 heavy (non-hydrogen) atoms. The minimum atomic E-state index is -0.875. The van der Waals surface area contributed by atoms with E-state index in [1.807, 2.05) is 0 Å². The molecule has 66 valence electrons. The number of nitrogens with two attached hydrogens (primary N) is 1. The Balaban J connectivity index is 2.96. The fraction of sp³-hybridized carbons (Fsp3) is 0.250. The molecule has 0 aliphatic rings. The Hall–Kier alpha value is -1.13. The number of hydrogen-bond donors (Lipinski definition) is 3. The molecule has 0 spiro atoms. The van der Waals surface area contributed by atoms with E-state index in [1.165, 1.54) is 12.1 Å². The summed E-state index contributed by atoms with van der Waals surface area (Å²) >= 11 is 0. The molecular formula is C8H10FNO2. The number of benzene rings is 1. The fourth-order valence-electron chi connectivity index (χ4n) is 0.867. The van der Waals surface area contributed by atoms with Gasteiger partial charge in [0.15, 0.2) is 11.6 Å². The molecule has 0 saturated heterocycles. The van der Waals surface area contributed by atoms with Crippen molar-refractivity contribution in [2.75, 3.05) is 6.54 Å². The van der Waals surface area contributed by atoms with E-state index in [9.17, 15) is 9.50 Å². The summed E-state index contributed by atoms with van der Waals surface area (Å²) < 4.78 is 12.7. The average Bonchev–Trinajstić information content (AvgIpc) is 2.08. The first-order valence-electron chi connectivity index (χ1n) is 3.51. The molecule has 0 aliphatic carbocycles. The van der Waals surface area contributed by atoms with Crippen LogP contribution in [0.15, 0.2) is 18.2 Å². The molecule has 0 radical (unpaired) electrons. The van der Waals surface area contributed by atoms with Gasteiger partial charge < -0.3 is 15.9 Å². The van der Waals surface area contributed by atoms with Crippen LogP contribution in [0.3, 0.4) is 0 Å². The standard InChI is InChI=1S/C8H10FNO2/c9-6-3-5(8(12)4-10)1-2-7(6)11/h1-3,8,11-12H,4,10H2/t8-/m0/s1. The highest BCUT2D eigenvalue weighted by Gasteiger charge is 2.07. The fourth-order valence-corrected chi connectivity index (χ4v) is 0.867. The topological polar surface area (TPSA) is 66.5 Å². The Bertz CT molecular complexity index is 278. The molecule has 1 aromatic carbocycles. The summed E-state index contributed by atoms with van der Waals surface area (Å²) in [6.07, 6.45) is -0.875. The largest absolute Gasteiger partial charge is 0.505 e. The van der Waals surface area contributed by atoms with E-state index >= 15 is 0 Å². The Labute approximate surface area is 69.3 Å². The van der Waals surface area contributed by atoms with Crippen LogP contribution < -0.4 is 5.73 Å². The normalized spacial score (nSPS) is 12.9. The first-order chi connectivity index (χ1) is 5.65. The molecule has 1 atom stereocenters. The lowest BCUT2D eigenvalue weighted by Gasteiger charge is -2.07. The first kappa shape index (κ1) is 8.96. The Morgan fingerprint density at radius 2 is 2.17 bits per heavy atom. The third-order valence-electron chi connectivity index (χ3n) is 1.58. The predicted molar refractivity (Wildman–Crippen MR) is 42.1 cm³/mol. The molecule has 1 rings (SSSR count). The number of rotatable bonds is 2. The summed E-state index contributed by atoms with van der Waals surface area (Å²) in [7, 11) is 0. The zero-order chi connectivity index (χ0) is 9.14. The maximum absolute atomic E-state index is 12.7. The molecule has 1 aromatic rings. The van der Waals surface area contributed by atoms with Gasteiger partial charge in [-0.05, 0) is 17.7 Å². The third-order valence-corrected chi connectivity index (χ3v) is 1.58. The van der Waals surface area contributed by atoms with Crippen molar-refractivity contribution in [3.8, 4) is 5.75 Å². The van der Waals surface area contributed by atoms with Crippen LogP contribution in [0.5, 0.6) is 5.75 Å². The van der Waals surface area contributed by atoms with Crippen LogP contribution in [0, 0.1) is 5.82 Å². The van der Waals surface area contributed by atoms with Gasteiger partial charge in [0.05, 0.1) is 6.10 Å². The van der Waals surface area contributed by atoms with Gasteiger partial charge in [-0.1, -0.05) is 6.07 Å². The van der Waals surface area contributed by atoms with Crippen molar-refractivity contribution in [1.82, 2.24) is 0 Å². The van der Waals surface area contributed by atoms with Crippen LogP contribution in [0.1, 0.15) is 11.7 Å². The average molecular weight is 171 g/mol. The summed E-state index contributed by atoms with van der Waals surface area (Å²) in [6, 6.07) is 3.67. The second kappa shape index (κ2) is 3.51. The molecule has 0 fully saturated rings. The number of hydrogen-bond acceptors (Lipinski definition) is 3. The smallest absolute Gasteiger partial charge is 0.165 e. The Morgan fingerprint density at radius 3 is 2.67 bits per heavy atom. The van der Waals surface area contributed by atoms with E-state index in [-0.39, 0.29) is 6.54 Å². The summed E-state index contributed by atoms with van der Waals surface area (Å²) in [5.41, 5.74) is 5.53. The van der Waals surface area contributed by atoms with E-state index in [0.717, 1.165) is 6.07 Å². The maximum Gasteiger partial charge on any atom is 0.165 e. The number of aliphatic hydroxyl groups is 1. The first-order valence-corrected chi connectivity index (χ1v) is 3.51. The minimum Gasteiger partial charge on any atom is -0.505 e. The lowest BCUT2D eigenvalue weighted by atomic mass is 10.1. The van der Waals surface area contributed by atoms with E-state index in [1.54, 1.807) is 0 Å². The highest BCUT2D eigenvalue weighted by Crippen LogP contribution is 2.19. The number of aliphatic hydroxyl groups excluding tert-OH is 1. The number of phenolic OH excluding ortho intramolecular Hbond substituents is 1. The highest BCUT2D eigenvalue weighted by molar-refractivity contribution is 5.29. The van der Waals surface area contributed by atoms with E-state index in [0.29, 0.717) is 5.56 Å². The van der Waals surface area contributed by atoms with Gasteiger partial charge in [-0.15, -0.1) is 0 Å². The van der Waals surface area contributed by atoms with E-state index in [2.05, 4.69) is 0 Å². The number of halogens is 1. The van der Waals surface area contributed by atoms with Gasteiger partial charge in [-0.3, -0.25) is 0 Å². The number of aromatic hydroxyl groups is 1. The molecule has 0 unspecified atom stereocenters. The summed E-state index contributed by atoms with van der Waals surface area (Å²) in [5, 5.41) is 18.0.